The van der Waals surface area contributed by atoms with Crippen molar-refractivity contribution in [3.63, 3.8) is 0 Å². The Morgan fingerprint density at radius 1 is 1.22 bits per heavy atom. The zero-order chi connectivity index (χ0) is 25.5. The molecule has 3 N–H and O–H groups in total. The largest absolute Gasteiger partial charge is 0.462 e. The molecular formula is C26H30N6O4. The molecule has 10 nitrogen and oxygen atoms in total. The van der Waals surface area contributed by atoms with E-state index in [1.165, 1.54) is 6.20 Å². The highest BCUT2D eigenvalue weighted by atomic mass is 16.6. The minimum atomic E-state index is -0.467. The van der Waals surface area contributed by atoms with Crippen LogP contribution in [-0.2, 0) is 11.3 Å². The fourth-order valence-electron chi connectivity index (χ4n) is 4.25. The van der Waals surface area contributed by atoms with Crippen molar-refractivity contribution < 1.29 is 14.5 Å². The molecule has 2 aromatic carbocycles. The van der Waals surface area contributed by atoms with Crippen LogP contribution in [0.25, 0.3) is 11.1 Å². The van der Waals surface area contributed by atoms with Gasteiger partial charge in [-0.1, -0.05) is 30.3 Å². The topological polar surface area (TPSA) is 131 Å². The third-order valence-electron chi connectivity index (χ3n) is 6.21. The van der Waals surface area contributed by atoms with Gasteiger partial charge in [-0.05, 0) is 74.2 Å². The number of nitrogens with zero attached hydrogens (tertiary/aromatic N) is 3. The van der Waals surface area contributed by atoms with Gasteiger partial charge in [-0.25, -0.2) is 9.78 Å². The molecular weight excluding hydrogens is 460 g/mol. The van der Waals surface area contributed by atoms with E-state index in [4.69, 9.17) is 4.74 Å². The van der Waals surface area contributed by atoms with Crippen molar-refractivity contribution in [3.05, 3.63) is 75.5 Å². The molecule has 1 fully saturated rings. The Hall–Kier alpha value is -4.05. The molecule has 0 saturated carbocycles. The average Bonchev–Trinajstić information content (AvgIpc) is 2.89. The first-order valence-electron chi connectivity index (χ1n) is 12.0. The quantitative estimate of drug-likeness (QED) is 0.228. The number of carbonyl (C=O) groups excluding carboxylic acids is 1. The zero-order valence-electron chi connectivity index (χ0n) is 20.4. The standard InChI is InChI=1S/C26H30N6O4/c1-3-36-25(33)19-7-4-6-18(14-19)22-9-5-8-20(17(22)2)15-28-26-29-16-23(32(34)35)24(31-26)30-21-10-12-27-13-11-21/h4-9,14,16,21,27H,3,10-13,15H2,1-2H3,(H2,28,29,30,31). The average molecular weight is 491 g/mol. The van der Waals surface area contributed by atoms with Gasteiger partial charge in [0.2, 0.25) is 11.8 Å². The highest BCUT2D eigenvalue weighted by molar-refractivity contribution is 5.91. The minimum absolute atomic E-state index is 0.122. The molecule has 10 heteroatoms. The fourth-order valence-corrected chi connectivity index (χ4v) is 4.25. The molecule has 188 valence electrons. The van der Waals surface area contributed by atoms with Crippen molar-refractivity contribution in [2.24, 2.45) is 0 Å². The number of carbonyl (C=O) groups is 1. The maximum Gasteiger partial charge on any atom is 0.338 e. The highest BCUT2D eigenvalue weighted by Gasteiger charge is 2.22. The summed E-state index contributed by atoms with van der Waals surface area (Å²) in [6.07, 6.45) is 2.98. The Bertz CT molecular complexity index is 1240. The van der Waals surface area contributed by atoms with Crippen molar-refractivity contribution in [1.29, 1.82) is 0 Å². The summed E-state index contributed by atoms with van der Waals surface area (Å²) >= 11 is 0. The molecule has 0 spiro atoms. The molecule has 36 heavy (non-hydrogen) atoms. The molecule has 0 unspecified atom stereocenters. The van der Waals surface area contributed by atoms with Crippen LogP contribution in [0.5, 0.6) is 0 Å². The number of piperidine rings is 1. The molecule has 1 aliphatic rings. The van der Waals surface area contributed by atoms with Gasteiger partial charge in [-0.3, -0.25) is 10.1 Å². The Labute approximate surface area is 209 Å². The van der Waals surface area contributed by atoms with E-state index in [2.05, 4.69) is 25.9 Å². The lowest BCUT2D eigenvalue weighted by Crippen LogP contribution is -2.35. The van der Waals surface area contributed by atoms with Crippen LogP contribution in [0.1, 0.15) is 41.3 Å². The van der Waals surface area contributed by atoms with E-state index in [1.54, 1.807) is 13.0 Å². The molecule has 1 aliphatic heterocycles. The highest BCUT2D eigenvalue weighted by Crippen LogP contribution is 2.28. The van der Waals surface area contributed by atoms with Gasteiger partial charge in [0.15, 0.2) is 0 Å². The van der Waals surface area contributed by atoms with Crippen LogP contribution < -0.4 is 16.0 Å². The van der Waals surface area contributed by atoms with Gasteiger partial charge in [0.25, 0.3) is 0 Å². The first-order chi connectivity index (χ1) is 17.5. The zero-order valence-corrected chi connectivity index (χ0v) is 20.4. The van der Waals surface area contributed by atoms with Gasteiger partial charge < -0.3 is 20.7 Å². The van der Waals surface area contributed by atoms with Gasteiger partial charge >= 0.3 is 11.7 Å². The van der Waals surface area contributed by atoms with E-state index < -0.39 is 4.92 Å². The van der Waals surface area contributed by atoms with Crippen LogP contribution in [0, 0.1) is 17.0 Å². The predicted octanol–water partition coefficient (Wildman–Crippen LogP) is 4.31. The summed E-state index contributed by atoms with van der Waals surface area (Å²) in [5, 5.41) is 21.2. The SMILES string of the molecule is CCOC(=O)c1cccc(-c2cccc(CNc3ncc([N+](=O)[O-])c(NC4CCNCC4)n3)c2C)c1. The van der Waals surface area contributed by atoms with Crippen LogP contribution in [0.2, 0.25) is 0 Å². The fraction of sp³-hybridized carbons (Fsp3) is 0.346. The summed E-state index contributed by atoms with van der Waals surface area (Å²) in [5.41, 5.74) is 4.34. The molecule has 0 bridgehead atoms. The van der Waals surface area contributed by atoms with Crippen LogP contribution in [0.15, 0.2) is 48.7 Å². The maximum atomic E-state index is 12.2. The molecule has 0 radical (unpaired) electrons. The van der Waals surface area contributed by atoms with Gasteiger partial charge in [-0.15, -0.1) is 0 Å². The van der Waals surface area contributed by atoms with Crippen LogP contribution >= 0.6 is 0 Å². The molecule has 2 heterocycles. The monoisotopic (exact) mass is 490 g/mol. The van der Waals surface area contributed by atoms with Crippen molar-refractivity contribution >= 4 is 23.4 Å². The van der Waals surface area contributed by atoms with Crippen molar-refractivity contribution in [3.8, 4) is 11.1 Å². The number of nitro groups is 1. The summed E-state index contributed by atoms with van der Waals surface area (Å²) in [6.45, 7) is 6.28. The van der Waals surface area contributed by atoms with E-state index in [9.17, 15) is 14.9 Å². The number of aromatic nitrogens is 2. The van der Waals surface area contributed by atoms with Gasteiger partial charge in [0.05, 0.1) is 17.1 Å². The summed E-state index contributed by atoms with van der Waals surface area (Å²) in [6, 6.07) is 13.5. The Morgan fingerprint density at radius 2 is 2.00 bits per heavy atom. The third kappa shape index (κ3) is 5.95. The normalized spacial score (nSPS) is 13.7. The van der Waals surface area contributed by atoms with E-state index in [0.717, 1.165) is 48.2 Å². The number of nitrogens with one attached hydrogen (secondary N) is 3. The Balaban J connectivity index is 1.52. The summed E-state index contributed by atoms with van der Waals surface area (Å²) < 4.78 is 5.13. The van der Waals surface area contributed by atoms with Gasteiger partial charge in [-0.2, -0.15) is 4.98 Å². The van der Waals surface area contributed by atoms with Crippen LogP contribution in [0.4, 0.5) is 17.5 Å². The minimum Gasteiger partial charge on any atom is -0.462 e. The third-order valence-corrected chi connectivity index (χ3v) is 6.21. The first-order valence-corrected chi connectivity index (χ1v) is 12.0. The summed E-state index contributed by atoms with van der Waals surface area (Å²) in [4.78, 5) is 31.8. The van der Waals surface area contributed by atoms with E-state index in [1.807, 2.05) is 43.3 Å². The number of ether oxygens (including phenoxy) is 1. The predicted molar refractivity (Wildman–Crippen MR) is 138 cm³/mol. The molecule has 3 aromatic rings. The number of hydrogen-bond donors (Lipinski definition) is 3. The van der Waals surface area contributed by atoms with Gasteiger partial charge in [0, 0.05) is 12.6 Å². The number of benzene rings is 2. The lowest BCUT2D eigenvalue weighted by atomic mass is 9.95. The molecule has 0 aliphatic carbocycles. The van der Waals surface area contributed by atoms with E-state index in [0.29, 0.717) is 24.7 Å². The second kappa shape index (κ2) is 11.6. The van der Waals surface area contributed by atoms with Crippen molar-refractivity contribution in [1.82, 2.24) is 15.3 Å². The summed E-state index contributed by atoms with van der Waals surface area (Å²) in [7, 11) is 0. The number of esters is 1. The molecule has 1 saturated heterocycles. The van der Waals surface area contributed by atoms with Crippen LogP contribution in [-0.4, -0.2) is 46.6 Å². The molecule has 4 rings (SSSR count). The van der Waals surface area contributed by atoms with E-state index in [-0.39, 0.29) is 23.5 Å². The van der Waals surface area contributed by atoms with Gasteiger partial charge in [0.1, 0.15) is 6.20 Å². The smallest absolute Gasteiger partial charge is 0.338 e. The first kappa shape index (κ1) is 25.1. The van der Waals surface area contributed by atoms with Crippen LogP contribution in [0.3, 0.4) is 0 Å². The summed E-state index contributed by atoms with van der Waals surface area (Å²) in [5.74, 6) is 0.191. The van der Waals surface area contributed by atoms with E-state index >= 15 is 0 Å². The number of rotatable bonds is 9. The second-order valence-electron chi connectivity index (χ2n) is 8.60. The maximum absolute atomic E-state index is 12.2. The second-order valence-corrected chi connectivity index (χ2v) is 8.60. The Kier molecular flexibility index (Phi) is 8.06. The molecule has 0 amide bonds. The number of anilines is 2. The Morgan fingerprint density at radius 3 is 2.75 bits per heavy atom. The van der Waals surface area contributed by atoms with Crippen molar-refractivity contribution in [2.75, 3.05) is 30.3 Å². The van der Waals surface area contributed by atoms with Crippen molar-refractivity contribution in [2.45, 2.75) is 39.3 Å². The molecule has 0 atom stereocenters. The molecule has 1 aromatic heterocycles. The lowest BCUT2D eigenvalue weighted by Gasteiger charge is -2.24. The lowest BCUT2D eigenvalue weighted by molar-refractivity contribution is -0.384. The number of hydrogen-bond acceptors (Lipinski definition) is 9.